The van der Waals surface area contributed by atoms with E-state index in [4.69, 9.17) is 11.6 Å². The van der Waals surface area contributed by atoms with Crippen molar-refractivity contribution in [3.63, 3.8) is 0 Å². The average Bonchev–Trinajstić information content (AvgIpc) is 2.61. The second-order valence-corrected chi connectivity index (χ2v) is 3.96. The highest BCUT2D eigenvalue weighted by molar-refractivity contribution is 6.30. The molecule has 1 heterocycles. The van der Waals surface area contributed by atoms with Crippen LogP contribution >= 0.6 is 11.6 Å². The standard InChI is InChI=1S/C10H10ClN/c1-10(2)9(12-10)7-3-5-8(11)6-4-7/h3-6H,1-2H3. The Morgan fingerprint density at radius 2 is 1.67 bits per heavy atom. The number of nitrogens with zero attached hydrogens (tertiary/aromatic N) is 1. The van der Waals surface area contributed by atoms with Crippen LogP contribution < -0.4 is 0 Å². The van der Waals surface area contributed by atoms with Crippen LogP contribution in [0.2, 0.25) is 5.02 Å². The van der Waals surface area contributed by atoms with Gasteiger partial charge in [-0.15, -0.1) is 0 Å². The zero-order chi connectivity index (χ0) is 8.77. The van der Waals surface area contributed by atoms with E-state index in [9.17, 15) is 0 Å². The molecule has 0 atom stereocenters. The Labute approximate surface area is 77.1 Å². The Morgan fingerprint density at radius 1 is 1.17 bits per heavy atom. The summed E-state index contributed by atoms with van der Waals surface area (Å²) in [5, 5.41) is 0.776. The van der Waals surface area contributed by atoms with Gasteiger partial charge < -0.3 is 0 Å². The van der Waals surface area contributed by atoms with E-state index in [2.05, 4.69) is 18.8 Å². The molecule has 0 unspecified atom stereocenters. The van der Waals surface area contributed by atoms with Crippen molar-refractivity contribution in [2.45, 2.75) is 19.4 Å². The molecule has 0 saturated heterocycles. The third-order valence-corrected chi connectivity index (χ3v) is 2.29. The van der Waals surface area contributed by atoms with E-state index < -0.39 is 0 Å². The van der Waals surface area contributed by atoms with E-state index in [0.717, 1.165) is 5.02 Å². The maximum Gasteiger partial charge on any atom is 0.0976 e. The fourth-order valence-electron chi connectivity index (χ4n) is 1.28. The smallest absolute Gasteiger partial charge is 0.0976 e. The van der Waals surface area contributed by atoms with Crippen molar-refractivity contribution < 1.29 is 0 Å². The topological polar surface area (TPSA) is 12.4 Å². The van der Waals surface area contributed by atoms with E-state index in [1.807, 2.05) is 24.3 Å². The van der Waals surface area contributed by atoms with Gasteiger partial charge in [0.05, 0.1) is 11.3 Å². The minimum Gasteiger partial charge on any atom is -0.274 e. The van der Waals surface area contributed by atoms with Crippen molar-refractivity contribution in [3.8, 4) is 0 Å². The van der Waals surface area contributed by atoms with E-state index in [1.165, 1.54) is 11.3 Å². The first-order valence-corrected chi connectivity index (χ1v) is 4.34. The summed E-state index contributed by atoms with van der Waals surface area (Å²) >= 11 is 5.77. The first-order chi connectivity index (χ1) is 5.59. The maximum atomic E-state index is 5.77. The first kappa shape index (κ1) is 7.81. The Morgan fingerprint density at radius 3 is 2.08 bits per heavy atom. The summed E-state index contributed by atoms with van der Waals surface area (Å²) < 4.78 is 0. The normalized spacial score (nSPS) is 18.8. The minimum absolute atomic E-state index is 0.0633. The van der Waals surface area contributed by atoms with Crippen LogP contribution in [0.3, 0.4) is 0 Å². The number of benzene rings is 1. The van der Waals surface area contributed by atoms with E-state index in [0.29, 0.717) is 0 Å². The molecule has 0 bridgehead atoms. The van der Waals surface area contributed by atoms with Crippen LogP contribution in [-0.4, -0.2) is 11.3 Å². The Bertz CT molecular complexity index is 335. The molecule has 1 aromatic rings. The molecule has 0 fully saturated rings. The van der Waals surface area contributed by atoms with Crippen LogP contribution in [-0.2, 0) is 0 Å². The highest BCUT2D eigenvalue weighted by atomic mass is 35.5. The van der Waals surface area contributed by atoms with E-state index in [-0.39, 0.29) is 5.54 Å². The summed E-state index contributed by atoms with van der Waals surface area (Å²) in [6, 6.07) is 7.81. The summed E-state index contributed by atoms with van der Waals surface area (Å²) in [5.41, 5.74) is 2.43. The van der Waals surface area contributed by atoms with Crippen molar-refractivity contribution in [2.75, 3.05) is 0 Å². The molecule has 1 aliphatic rings. The number of halogens is 1. The number of rotatable bonds is 1. The number of hydrogen-bond donors (Lipinski definition) is 0. The van der Waals surface area contributed by atoms with Gasteiger partial charge in [-0.25, -0.2) is 0 Å². The lowest BCUT2D eigenvalue weighted by Crippen LogP contribution is -2.07. The number of hydrogen-bond acceptors (Lipinski definition) is 1. The molecule has 0 N–H and O–H groups in total. The summed E-state index contributed by atoms with van der Waals surface area (Å²) in [7, 11) is 0. The molecule has 1 nitrogen and oxygen atoms in total. The lowest BCUT2D eigenvalue weighted by Gasteiger charge is -1.99. The van der Waals surface area contributed by atoms with Crippen LogP contribution in [0, 0.1) is 0 Å². The van der Waals surface area contributed by atoms with E-state index >= 15 is 0 Å². The molecule has 0 spiro atoms. The van der Waals surface area contributed by atoms with Crippen molar-refractivity contribution in [3.05, 3.63) is 34.9 Å². The lowest BCUT2D eigenvalue weighted by atomic mass is 10.0. The van der Waals surface area contributed by atoms with Gasteiger partial charge in [-0.1, -0.05) is 23.7 Å². The zero-order valence-corrected chi connectivity index (χ0v) is 7.89. The highest BCUT2D eigenvalue weighted by Crippen LogP contribution is 2.31. The van der Waals surface area contributed by atoms with Crippen molar-refractivity contribution in [1.82, 2.24) is 0 Å². The van der Waals surface area contributed by atoms with Crippen LogP contribution in [0.25, 0.3) is 0 Å². The molecule has 1 aliphatic heterocycles. The molecular formula is C10H10ClN. The van der Waals surface area contributed by atoms with Gasteiger partial charge in [-0.3, -0.25) is 4.99 Å². The molecule has 0 aliphatic carbocycles. The molecular weight excluding hydrogens is 170 g/mol. The van der Waals surface area contributed by atoms with Crippen LogP contribution in [0.1, 0.15) is 19.4 Å². The van der Waals surface area contributed by atoms with Crippen molar-refractivity contribution in [1.29, 1.82) is 0 Å². The summed E-state index contributed by atoms with van der Waals surface area (Å²) in [6.07, 6.45) is 0. The van der Waals surface area contributed by atoms with Crippen LogP contribution in [0.15, 0.2) is 29.3 Å². The molecule has 0 saturated carbocycles. The van der Waals surface area contributed by atoms with Crippen molar-refractivity contribution >= 4 is 17.3 Å². The van der Waals surface area contributed by atoms with Crippen molar-refractivity contribution in [2.24, 2.45) is 4.99 Å². The van der Waals surface area contributed by atoms with Gasteiger partial charge >= 0.3 is 0 Å². The van der Waals surface area contributed by atoms with Gasteiger partial charge in [-0.05, 0) is 31.5 Å². The predicted molar refractivity (Wildman–Crippen MR) is 52.1 cm³/mol. The fourth-order valence-corrected chi connectivity index (χ4v) is 1.40. The minimum atomic E-state index is 0.0633. The Kier molecular flexibility index (Phi) is 1.52. The van der Waals surface area contributed by atoms with Gasteiger partial charge in [0, 0.05) is 5.02 Å². The van der Waals surface area contributed by atoms with Gasteiger partial charge in [0.25, 0.3) is 0 Å². The predicted octanol–water partition coefficient (Wildman–Crippen LogP) is 2.92. The molecule has 0 aromatic heterocycles. The molecule has 1 aromatic carbocycles. The second-order valence-electron chi connectivity index (χ2n) is 3.53. The molecule has 0 amide bonds. The lowest BCUT2D eigenvalue weighted by molar-refractivity contribution is 0.825. The summed E-state index contributed by atoms with van der Waals surface area (Å²) in [4.78, 5) is 4.36. The molecule has 0 radical (unpaired) electrons. The largest absolute Gasteiger partial charge is 0.274 e. The average molecular weight is 180 g/mol. The maximum absolute atomic E-state index is 5.77. The monoisotopic (exact) mass is 179 g/mol. The number of aliphatic imine (C=N–C) groups is 1. The molecule has 2 heteroatoms. The Balaban J connectivity index is 2.27. The zero-order valence-electron chi connectivity index (χ0n) is 7.13. The molecule has 62 valence electrons. The Hall–Kier alpha value is -0.820. The first-order valence-electron chi connectivity index (χ1n) is 3.96. The summed E-state index contributed by atoms with van der Waals surface area (Å²) in [6.45, 7) is 4.22. The third kappa shape index (κ3) is 1.25. The van der Waals surface area contributed by atoms with Crippen LogP contribution in [0.4, 0.5) is 0 Å². The van der Waals surface area contributed by atoms with Gasteiger partial charge in [0.15, 0.2) is 0 Å². The highest BCUT2D eigenvalue weighted by Gasteiger charge is 2.37. The second kappa shape index (κ2) is 2.33. The SMILES string of the molecule is CC1(C)N=C1c1ccc(Cl)cc1. The molecule has 2 rings (SSSR count). The van der Waals surface area contributed by atoms with E-state index in [1.54, 1.807) is 0 Å². The molecule has 12 heavy (non-hydrogen) atoms. The van der Waals surface area contributed by atoms with Gasteiger partial charge in [0.1, 0.15) is 0 Å². The van der Waals surface area contributed by atoms with Gasteiger partial charge in [0.2, 0.25) is 0 Å². The van der Waals surface area contributed by atoms with Gasteiger partial charge in [-0.2, -0.15) is 0 Å². The fraction of sp³-hybridized carbons (Fsp3) is 0.300. The van der Waals surface area contributed by atoms with Crippen LogP contribution in [0.5, 0.6) is 0 Å². The third-order valence-electron chi connectivity index (χ3n) is 2.04. The quantitative estimate of drug-likeness (QED) is 0.629. The summed E-state index contributed by atoms with van der Waals surface area (Å²) in [5.74, 6) is 0.